The SMILES string of the molecule is CN(CCOc1ccc(Cl)c(CNC(C)(C)C)n1)C1CC1. The maximum absolute atomic E-state index is 6.19. The topological polar surface area (TPSA) is 37.4 Å². The number of rotatable bonds is 7. The Morgan fingerprint density at radius 3 is 2.71 bits per heavy atom. The average Bonchev–Trinajstić information content (AvgIpc) is 3.22. The van der Waals surface area contributed by atoms with E-state index in [4.69, 9.17) is 16.3 Å². The molecule has 0 aromatic carbocycles. The lowest BCUT2D eigenvalue weighted by Gasteiger charge is -2.21. The van der Waals surface area contributed by atoms with Crippen LogP contribution in [0.25, 0.3) is 0 Å². The summed E-state index contributed by atoms with van der Waals surface area (Å²) in [6.45, 7) is 8.60. The Labute approximate surface area is 132 Å². The van der Waals surface area contributed by atoms with Crippen LogP contribution in [0.5, 0.6) is 5.88 Å². The van der Waals surface area contributed by atoms with E-state index in [9.17, 15) is 0 Å². The fourth-order valence-electron chi connectivity index (χ4n) is 2.01. The summed E-state index contributed by atoms with van der Waals surface area (Å²) in [5.74, 6) is 0.648. The largest absolute Gasteiger partial charge is 0.476 e. The molecule has 0 amide bonds. The first-order valence-electron chi connectivity index (χ1n) is 7.58. The Bertz CT molecular complexity index is 469. The number of nitrogens with one attached hydrogen (secondary N) is 1. The number of ether oxygens (including phenoxy) is 1. The van der Waals surface area contributed by atoms with E-state index in [0.29, 0.717) is 24.1 Å². The summed E-state index contributed by atoms with van der Waals surface area (Å²) in [6.07, 6.45) is 2.64. The van der Waals surface area contributed by atoms with Crippen molar-refractivity contribution >= 4 is 11.6 Å². The standard InChI is InChI=1S/C16H26ClN3O/c1-16(2,3)18-11-14-13(17)7-8-15(19-14)21-10-9-20(4)12-5-6-12/h7-8,12,18H,5-6,9-11H2,1-4H3. The van der Waals surface area contributed by atoms with Crippen molar-refractivity contribution in [3.8, 4) is 5.88 Å². The van der Waals surface area contributed by atoms with Gasteiger partial charge in [-0.15, -0.1) is 0 Å². The highest BCUT2D eigenvalue weighted by atomic mass is 35.5. The highest BCUT2D eigenvalue weighted by molar-refractivity contribution is 6.31. The predicted molar refractivity (Wildman–Crippen MR) is 87.0 cm³/mol. The second-order valence-electron chi connectivity index (χ2n) is 6.74. The van der Waals surface area contributed by atoms with Gasteiger partial charge in [-0.1, -0.05) is 11.6 Å². The molecule has 1 aliphatic carbocycles. The van der Waals surface area contributed by atoms with E-state index in [1.54, 1.807) is 0 Å². The Hall–Kier alpha value is -0.840. The van der Waals surface area contributed by atoms with E-state index in [1.165, 1.54) is 12.8 Å². The lowest BCUT2D eigenvalue weighted by atomic mass is 10.1. The molecule has 0 bridgehead atoms. The van der Waals surface area contributed by atoms with Crippen LogP contribution in [0.2, 0.25) is 5.02 Å². The minimum Gasteiger partial charge on any atom is -0.476 e. The molecule has 0 saturated heterocycles. The van der Waals surface area contributed by atoms with E-state index in [1.807, 2.05) is 12.1 Å². The molecule has 1 N–H and O–H groups in total. The summed E-state index contributed by atoms with van der Waals surface area (Å²) < 4.78 is 5.74. The molecule has 0 unspecified atom stereocenters. The van der Waals surface area contributed by atoms with Crippen LogP contribution in [0.15, 0.2) is 12.1 Å². The van der Waals surface area contributed by atoms with Crippen molar-refractivity contribution in [3.63, 3.8) is 0 Å². The highest BCUT2D eigenvalue weighted by Crippen LogP contribution is 2.25. The molecule has 1 aromatic rings. The van der Waals surface area contributed by atoms with Gasteiger partial charge in [0.2, 0.25) is 5.88 Å². The van der Waals surface area contributed by atoms with Gasteiger partial charge in [-0.25, -0.2) is 4.98 Å². The molecule has 21 heavy (non-hydrogen) atoms. The lowest BCUT2D eigenvalue weighted by Crippen LogP contribution is -2.35. The fourth-order valence-corrected chi connectivity index (χ4v) is 2.18. The molecule has 1 fully saturated rings. The van der Waals surface area contributed by atoms with Gasteiger partial charge in [0.25, 0.3) is 0 Å². The fraction of sp³-hybridized carbons (Fsp3) is 0.688. The van der Waals surface area contributed by atoms with Crippen molar-refractivity contribution in [3.05, 3.63) is 22.8 Å². The van der Waals surface area contributed by atoms with E-state index < -0.39 is 0 Å². The van der Waals surface area contributed by atoms with Crippen molar-refractivity contribution < 1.29 is 4.74 Å². The Kier molecular flexibility index (Phi) is 5.47. The number of halogens is 1. The molecule has 118 valence electrons. The average molecular weight is 312 g/mol. The molecule has 1 aliphatic rings. The molecule has 0 atom stereocenters. The first-order chi connectivity index (χ1) is 9.85. The van der Waals surface area contributed by atoms with Crippen LogP contribution in [0, 0.1) is 0 Å². The third kappa shape index (κ3) is 5.81. The first-order valence-corrected chi connectivity index (χ1v) is 7.96. The van der Waals surface area contributed by atoms with Gasteiger partial charge < -0.3 is 15.0 Å². The second-order valence-corrected chi connectivity index (χ2v) is 7.15. The molecule has 2 rings (SSSR count). The molecule has 1 saturated carbocycles. The molecule has 1 aromatic heterocycles. The smallest absolute Gasteiger partial charge is 0.213 e. The molecule has 4 nitrogen and oxygen atoms in total. The van der Waals surface area contributed by atoms with Crippen molar-refractivity contribution in [1.82, 2.24) is 15.2 Å². The number of likely N-dealkylation sites (N-methyl/N-ethyl adjacent to an activating group) is 1. The third-order valence-electron chi connectivity index (χ3n) is 3.54. The minimum absolute atomic E-state index is 0.0366. The Morgan fingerprint density at radius 1 is 1.38 bits per heavy atom. The van der Waals surface area contributed by atoms with Gasteiger partial charge in [0, 0.05) is 30.7 Å². The van der Waals surface area contributed by atoms with Crippen LogP contribution in [0.4, 0.5) is 0 Å². The van der Waals surface area contributed by atoms with Crippen molar-refractivity contribution in [2.24, 2.45) is 0 Å². The maximum atomic E-state index is 6.19. The Balaban J connectivity index is 1.85. The second kappa shape index (κ2) is 6.95. The first kappa shape index (κ1) is 16.5. The zero-order valence-corrected chi connectivity index (χ0v) is 14.2. The highest BCUT2D eigenvalue weighted by Gasteiger charge is 2.25. The minimum atomic E-state index is 0.0366. The van der Waals surface area contributed by atoms with Gasteiger partial charge in [-0.05, 0) is 46.7 Å². The number of hydrogen-bond acceptors (Lipinski definition) is 4. The summed E-state index contributed by atoms with van der Waals surface area (Å²) in [5.41, 5.74) is 0.870. The maximum Gasteiger partial charge on any atom is 0.213 e. The summed E-state index contributed by atoms with van der Waals surface area (Å²) in [7, 11) is 2.15. The number of aromatic nitrogens is 1. The van der Waals surface area contributed by atoms with E-state index in [-0.39, 0.29) is 5.54 Å². The van der Waals surface area contributed by atoms with Gasteiger partial charge in [-0.3, -0.25) is 0 Å². The third-order valence-corrected chi connectivity index (χ3v) is 3.89. The zero-order valence-electron chi connectivity index (χ0n) is 13.4. The van der Waals surface area contributed by atoms with Gasteiger partial charge >= 0.3 is 0 Å². The van der Waals surface area contributed by atoms with Crippen LogP contribution < -0.4 is 10.1 Å². The van der Waals surface area contributed by atoms with Gasteiger partial charge in [0.05, 0.1) is 10.7 Å². The number of nitrogens with zero attached hydrogens (tertiary/aromatic N) is 2. The van der Waals surface area contributed by atoms with E-state index >= 15 is 0 Å². The molecule has 0 aliphatic heterocycles. The molecule has 0 radical (unpaired) electrons. The number of hydrogen-bond donors (Lipinski definition) is 1. The van der Waals surface area contributed by atoms with E-state index in [2.05, 4.69) is 43.0 Å². The van der Waals surface area contributed by atoms with Crippen LogP contribution >= 0.6 is 11.6 Å². The zero-order chi connectivity index (χ0) is 15.5. The normalized spacial score (nSPS) is 15.5. The van der Waals surface area contributed by atoms with Crippen molar-refractivity contribution in [1.29, 1.82) is 0 Å². The summed E-state index contributed by atoms with van der Waals surface area (Å²) in [6, 6.07) is 4.45. The van der Waals surface area contributed by atoms with Crippen molar-refractivity contribution in [2.75, 3.05) is 20.2 Å². The molecule has 1 heterocycles. The van der Waals surface area contributed by atoms with E-state index in [0.717, 1.165) is 18.3 Å². The van der Waals surface area contributed by atoms with Crippen LogP contribution in [0.1, 0.15) is 39.3 Å². The number of pyridine rings is 1. The quantitative estimate of drug-likeness (QED) is 0.839. The Morgan fingerprint density at radius 2 is 2.10 bits per heavy atom. The van der Waals surface area contributed by atoms with Gasteiger partial charge in [-0.2, -0.15) is 0 Å². The summed E-state index contributed by atoms with van der Waals surface area (Å²) in [5, 5.41) is 4.07. The predicted octanol–water partition coefficient (Wildman–Crippen LogP) is 3.10. The molecular formula is C16H26ClN3O. The molecule has 5 heteroatoms. The van der Waals surface area contributed by atoms with Gasteiger partial charge in [0.1, 0.15) is 6.61 Å². The lowest BCUT2D eigenvalue weighted by molar-refractivity contribution is 0.226. The summed E-state index contributed by atoms with van der Waals surface area (Å²) in [4.78, 5) is 6.84. The summed E-state index contributed by atoms with van der Waals surface area (Å²) >= 11 is 6.19. The molecule has 0 spiro atoms. The monoisotopic (exact) mass is 311 g/mol. The molecular weight excluding hydrogens is 286 g/mol. The van der Waals surface area contributed by atoms with Crippen molar-refractivity contribution in [2.45, 2.75) is 51.7 Å². The van der Waals surface area contributed by atoms with Gasteiger partial charge in [0.15, 0.2) is 0 Å². The van der Waals surface area contributed by atoms with Crippen LogP contribution in [-0.4, -0.2) is 41.7 Å². The van der Waals surface area contributed by atoms with Crippen LogP contribution in [0.3, 0.4) is 0 Å². The van der Waals surface area contributed by atoms with Crippen LogP contribution in [-0.2, 0) is 6.54 Å².